The van der Waals surface area contributed by atoms with Gasteiger partial charge in [-0.25, -0.2) is 0 Å². The van der Waals surface area contributed by atoms with Gasteiger partial charge in [0.2, 0.25) is 0 Å². The molecule has 5 heteroatoms. The van der Waals surface area contributed by atoms with E-state index >= 15 is 0 Å². The molecule has 0 radical (unpaired) electrons. The first-order valence-corrected chi connectivity index (χ1v) is 6.91. The smallest absolute Gasteiger partial charge is 0.341 e. The number of rotatable bonds is 6. The Morgan fingerprint density at radius 2 is 1.80 bits per heavy atom. The van der Waals surface area contributed by atoms with Gasteiger partial charge in [0.05, 0.1) is 11.4 Å². The molecule has 0 fully saturated rings. The molecule has 0 aliphatic heterocycles. The molecule has 1 aromatic carbocycles. The van der Waals surface area contributed by atoms with Gasteiger partial charge in [-0.2, -0.15) is 4.98 Å². The van der Waals surface area contributed by atoms with Gasteiger partial charge in [0.25, 0.3) is 0 Å². The largest absolute Gasteiger partial charge is 0.423 e. The van der Waals surface area contributed by atoms with Crippen LogP contribution in [0.2, 0.25) is 0 Å². The second kappa shape index (κ2) is 6.96. The molecule has 0 amide bonds. The maximum atomic E-state index is 5.78. The minimum Gasteiger partial charge on any atom is -0.423 e. The van der Waals surface area contributed by atoms with Crippen molar-refractivity contribution in [1.29, 1.82) is 0 Å². The van der Waals surface area contributed by atoms with Crippen LogP contribution in [0.5, 0.6) is 11.8 Å². The topological polar surface area (TPSA) is 59.9 Å². The number of aromatic nitrogens is 3. The maximum Gasteiger partial charge on any atom is 0.341 e. The molecule has 2 rings (SSSR count). The Hall–Kier alpha value is -2.01. The van der Waals surface area contributed by atoms with E-state index < -0.39 is 0 Å². The monoisotopic (exact) mass is 272 g/mol. The third-order valence-corrected chi connectivity index (χ3v) is 3.03. The second-order valence-corrected chi connectivity index (χ2v) is 4.43. The minimum absolute atomic E-state index is 0.308. The average molecular weight is 272 g/mol. The fourth-order valence-electron chi connectivity index (χ4n) is 2.00. The number of nitrogens with zero attached hydrogens (tertiary/aromatic N) is 3. The van der Waals surface area contributed by atoms with Gasteiger partial charge in [0, 0.05) is 12.1 Å². The van der Waals surface area contributed by atoms with E-state index in [0.717, 1.165) is 42.1 Å². The van der Waals surface area contributed by atoms with Crippen molar-refractivity contribution < 1.29 is 4.74 Å². The summed E-state index contributed by atoms with van der Waals surface area (Å²) in [6.07, 6.45) is 1.66. The maximum absolute atomic E-state index is 5.78. The van der Waals surface area contributed by atoms with E-state index in [2.05, 4.69) is 27.4 Å². The molecule has 0 saturated carbocycles. The summed E-state index contributed by atoms with van der Waals surface area (Å²) >= 11 is 0. The van der Waals surface area contributed by atoms with Gasteiger partial charge in [-0.1, -0.05) is 37.1 Å². The molecule has 1 N–H and O–H groups in total. The first-order chi connectivity index (χ1) is 9.78. The lowest BCUT2D eigenvalue weighted by molar-refractivity contribution is 0.422. The molecule has 1 heterocycles. The molecule has 106 valence electrons. The van der Waals surface area contributed by atoms with Crippen LogP contribution in [0.3, 0.4) is 0 Å². The van der Waals surface area contributed by atoms with E-state index in [9.17, 15) is 0 Å². The molecule has 0 aliphatic carbocycles. The van der Waals surface area contributed by atoms with Gasteiger partial charge in [-0.3, -0.25) is 0 Å². The van der Waals surface area contributed by atoms with Gasteiger partial charge >= 0.3 is 6.01 Å². The first kappa shape index (κ1) is 14.4. The fourth-order valence-corrected chi connectivity index (χ4v) is 2.00. The van der Waals surface area contributed by atoms with Gasteiger partial charge < -0.3 is 10.1 Å². The zero-order chi connectivity index (χ0) is 14.4. The predicted octanol–water partition coefficient (Wildman–Crippen LogP) is 2.51. The number of ether oxygens (including phenoxy) is 1. The third kappa shape index (κ3) is 3.30. The Labute approximate surface area is 119 Å². The van der Waals surface area contributed by atoms with Crippen molar-refractivity contribution >= 4 is 0 Å². The summed E-state index contributed by atoms with van der Waals surface area (Å²) in [6.45, 7) is 4.84. The van der Waals surface area contributed by atoms with Crippen LogP contribution in [0.4, 0.5) is 0 Å². The molecule has 0 saturated heterocycles. The molecular formula is C15H20N4O. The van der Waals surface area contributed by atoms with Crippen LogP contribution in [0.1, 0.15) is 30.8 Å². The van der Waals surface area contributed by atoms with Gasteiger partial charge in [0.15, 0.2) is 0 Å². The van der Waals surface area contributed by atoms with Crippen LogP contribution in [0, 0.1) is 0 Å². The zero-order valence-electron chi connectivity index (χ0n) is 12.2. The van der Waals surface area contributed by atoms with E-state index in [1.165, 1.54) is 0 Å². The van der Waals surface area contributed by atoms with Crippen molar-refractivity contribution in [2.45, 2.75) is 33.2 Å². The normalized spacial score (nSPS) is 10.6. The molecule has 0 aliphatic rings. The quantitative estimate of drug-likeness (QED) is 0.875. The molecule has 2 aromatic rings. The van der Waals surface area contributed by atoms with Crippen LogP contribution in [-0.4, -0.2) is 22.2 Å². The van der Waals surface area contributed by atoms with Gasteiger partial charge in [0.1, 0.15) is 5.75 Å². The van der Waals surface area contributed by atoms with E-state index in [0.29, 0.717) is 6.01 Å². The van der Waals surface area contributed by atoms with Crippen LogP contribution in [-0.2, 0) is 19.4 Å². The molecule has 0 atom stereocenters. The average Bonchev–Trinajstić information content (AvgIpc) is 2.49. The molecule has 0 bridgehead atoms. The SMILES string of the molecule is CCc1nnc(Oc2ccccc2CNC)nc1CC. The molecule has 20 heavy (non-hydrogen) atoms. The van der Waals surface area contributed by atoms with Crippen molar-refractivity contribution in [2.75, 3.05) is 7.05 Å². The van der Waals surface area contributed by atoms with Crippen molar-refractivity contribution in [2.24, 2.45) is 0 Å². The Balaban J connectivity index is 2.26. The lowest BCUT2D eigenvalue weighted by atomic mass is 10.2. The number of benzene rings is 1. The molecule has 0 unspecified atom stereocenters. The van der Waals surface area contributed by atoms with Crippen molar-refractivity contribution in [1.82, 2.24) is 20.5 Å². The van der Waals surface area contributed by atoms with Crippen molar-refractivity contribution in [3.05, 3.63) is 41.2 Å². The summed E-state index contributed by atoms with van der Waals surface area (Å²) < 4.78 is 5.78. The first-order valence-electron chi connectivity index (χ1n) is 6.91. The van der Waals surface area contributed by atoms with Gasteiger partial charge in [-0.15, -0.1) is 5.10 Å². The van der Waals surface area contributed by atoms with Crippen molar-refractivity contribution in [3.63, 3.8) is 0 Å². The summed E-state index contributed by atoms with van der Waals surface area (Å²) in [5.74, 6) is 0.759. The number of aryl methyl sites for hydroxylation is 2. The highest BCUT2D eigenvalue weighted by molar-refractivity contribution is 5.35. The minimum atomic E-state index is 0.308. The summed E-state index contributed by atoms with van der Waals surface area (Å²) in [4.78, 5) is 4.44. The van der Waals surface area contributed by atoms with Crippen LogP contribution >= 0.6 is 0 Å². The van der Waals surface area contributed by atoms with E-state index in [1.807, 2.05) is 38.2 Å². The van der Waals surface area contributed by atoms with Crippen LogP contribution < -0.4 is 10.1 Å². The lowest BCUT2D eigenvalue weighted by Crippen LogP contribution is -2.08. The van der Waals surface area contributed by atoms with E-state index in [1.54, 1.807) is 0 Å². The summed E-state index contributed by atoms with van der Waals surface area (Å²) in [5, 5.41) is 11.4. The third-order valence-electron chi connectivity index (χ3n) is 3.03. The predicted molar refractivity (Wildman–Crippen MR) is 77.9 cm³/mol. The van der Waals surface area contributed by atoms with E-state index in [-0.39, 0.29) is 0 Å². The highest BCUT2D eigenvalue weighted by atomic mass is 16.5. The lowest BCUT2D eigenvalue weighted by Gasteiger charge is -2.10. The number of hydrogen-bond donors (Lipinski definition) is 1. The van der Waals surface area contributed by atoms with Crippen LogP contribution in [0.25, 0.3) is 0 Å². The zero-order valence-corrected chi connectivity index (χ0v) is 12.2. The molecule has 5 nitrogen and oxygen atoms in total. The Bertz CT molecular complexity index is 572. The number of nitrogens with one attached hydrogen (secondary N) is 1. The summed E-state index contributed by atoms with van der Waals surface area (Å²) in [7, 11) is 1.90. The van der Waals surface area contributed by atoms with Crippen molar-refractivity contribution in [3.8, 4) is 11.8 Å². The number of para-hydroxylation sites is 1. The highest BCUT2D eigenvalue weighted by Crippen LogP contribution is 2.22. The fraction of sp³-hybridized carbons (Fsp3) is 0.400. The standard InChI is InChI=1S/C15H20N4O/c1-4-12-13(5-2)18-19-15(17-12)20-14-9-7-6-8-11(14)10-16-3/h6-9,16H,4-5,10H2,1-3H3. The van der Waals surface area contributed by atoms with E-state index in [4.69, 9.17) is 4.74 Å². The second-order valence-electron chi connectivity index (χ2n) is 4.43. The Kier molecular flexibility index (Phi) is 5.01. The van der Waals surface area contributed by atoms with Gasteiger partial charge in [-0.05, 0) is 26.0 Å². The molecule has 0 spiro atoms. The molecular weight excluding hydrogens is 252 g/mol. The van der Waals surface area contributed by atoms with Crippen LogP contribution in [0.15, 0.2) is 24.3 Å². The number of hydrogen-bond acceptors (Lipinski definition) is 5. The Morgan fingerprint density at radius 3 is 2.50 bits per heavy atom. The summed E-state index contributed by atoms with van der Waals surface area (Å²) in [5.41, 5.74) is 2.95. The molecule has 1 aromatic heterocycles. The Morgan fingerprint density at radius 1 is 1.05 bits per heavy atom. The summed E-state index contributed by atoms with van der Waals surface area (Å²) in [6, 6.07) is 8.15. The highest BCUT2D eigenvalue weighted by Gasteiger charge is 2.09.